The molecule has 2 aromatic rings. The van der Waals surface area contributed by atoms with E-state index in [0.29, 0.717) is 25.2 Å². The van der Waals surface area contributed by atoms with Crippen molar-refractivity contribution in [2.24, 2.45) is 5.41 Å². The Morgan fingerprint density at radius 3 is 2.60 bits per heavy atom. The Morgan fingerprint density at radius 1 is 1.05 bits per heavy atom. The van der Waals surface area contributed by atoms with E-state index < -0.39 is 17.3 Å². The molecule has 1 aliphatic heterocycles. The molecule has 10 nitrogen and oxygen atoms in total. The van der Waals surface area contributed by atoms with Crippen LogP contribution in [0.4, 0.5) is 0 Å². The molecule has 1 unspecified atom stereocenters. The number of benzene rings is 2. The van der Waals surface area contributed by atoms with Crippen LogP contribution >= 0.6 is 0 Å². The highest BCUT2D eigenvalue weighted by Crippen LogP contribution is 2.32. The minimum Gasteiger partial charge on any atom is -0.484 e. The SMILES string of the molecule is CCOC(=O)C1(CCCOC)CNC(=O)CN(C(=O)Cc2ccccc2)CCNC(=O)COc2cccc(c2)C1. The van der Waals surface area contributed by atoms with E-state index in [-0.39, 0.29) is 64.0 Å². The molecule has 1 heterocycles. The molecule has 1 atom stereocenters. The maximum absolute atomic E-state index is 13.4. The van der Waals surface area contributed by atoms with E-state index in [1.807, 2.05) is 36.4 Å². The number of nitrogens with one attached hydrogen (secondary N) is 2. The van der Waals surface area contributed by atoms with Gasteiger partial charge in [-0.3, -0.25) is 19.2 Å². The Kier molecular flexibility index (Phi) is 12.0. The van der Waals surface area contributed by atoms with Crippen LogP contribution in [-0.2, 0) is 41.5 Å². The predicted octanol–water partition coefficient (Wildman–Crippen LogP) is 1.90. The zero-order valence-electron chi connectivity index (χ0n) is 23.3. The van der Waals surface area contributed by atoms with Crippen LogP contribution in [0.5, 0.6) is 5.75 Å². The van der Waals surface area contributed by atoms with Gasteiger partial charge in [0.2, 0.25) is 11.8 Å². The lowest BCUT2D eigenvalue weighted by molar-refractivity contribution is -0.156. The van der Waals surface area contributed by atoms with Crippen molar-refractivity contribution in [3.63, 3.8) is 0 Å². The molecule has 216 valence electrons. The molecular formula is C30H39N3O7. The Morgan fingerprint density at radius 2 is 1.85 bits per heavy atom. The number of nitrogens with zero attached hydrogens (tertiary/aromatic N) is 1. The quantitative estimate of drug-likeness (QED) is 0.378. The second-order valence-electron chi connectivity index (χ2n) is 9.81. The molecule has 3 rings (SSSR count). The maximum Gasteiger partial charge on any atom is 0.314 e. The van der Waals surface area contributed by atoms with Gasteiger partial charge in [0, 0.05) is 33.4 Å². The highest BCUT2D eigenvalue weighted by Gasteiger charge is 2.40. The first-order chi connectivity index (χ1) is 19.3. The molecule has 2 N–H and O–H groups in total. The lowest BCUT2D eigenvalue weighted by Gasteiger charge is -2.32. The lowest BCUT2D eigenvalue weighted by atomic mass is 9.77. The summed E-state index contributed by atoms with van der Waals surface area (Å²) >= 11 is 0. The van der Waals surface area contributed by atoms with E-state index in [2.05, 4.69) is 10.6 Å². The zero-order valence-corrected chi connectivity index (χ0v) is 23.3. The van der Waals surface area contributed by atoms with Crippen LogP contribution in [0, 0.1) is 5.41 Å². The van der Waals surface area contributed by atoms with Crippen LogP contribution in [0.15, 0.2) is 54.6 Å². The smallest absolute Gasteiger partial charge is 0.314 e. The van der Waals surface area contributed by atoms with Crippen molar-refractivity contribution in [3.05, 3.63) is 65.7 Å². The minimum atomic E-state index is -1.07. The van der Waals surface area contributed by atoms with Gasteiger partial charge in [-0.2, -0.15) is 0 Å². The number of hydrogen-bond acceptors (Lipinski definition) is 7. The lowest BCUT2D eigenvalue weighted by Crippen LogP contribution is -2.50. The molecule has 0 aliphatic carbocycles. The van der Waals surface area contributed by atoms with Crippen LogP contribution in [0.1, 0.15) is 30.9 Å². The standard InChI is InChI=1S/C30H39N3O7/c1-3-39-29(37)30(13-8-16-38-2)19-24-11-7-12-25(17-24)40-21-27(35)31-14-15-33(20-26(34)32-22-30)28(36)18-23-9-5-4-6-10-23/h4-7,9-12,17H,3,8,13-16,18-22H2,1-2H3,(H,31,35)(H,32,34). The molecular weight excluding hydrogens is 514 g/mol. The number of rotatable bonds is 8. The first-order valence-corrected chi connectivity index (χ1v) is 13.6. The number of carbonyl (C=O) groups excluding carboxylic acids is 4. The molecule has 3 amide bonds. The third-order valence-electron chi connectivity index (χ3n) is 6.74. The van der Waals surface area contributed by atoms with Gasteiger partial charge in [-0.05, 0) is 49.4 Å². The molecule has 40 heavy (non-hydrogen) atoms. The molecule has 0 spiro atoms. The molecule has 10 heteroatoms. The third kappa shape index (κ3) is 9.37. The number of methoxy groups -OCH3 is 1. The second-order valence-corrected chi connectivity index (χ2v) is 9.81. The van der Waals surface area contributed by atoms with E-state index in [9.17, 15) is 19.2 Å². The van der Waals surface area contributed by atoms with E-state index in [1.54, 1.807) is 32.2 Å². The molecule has 0 aromatic heterocycles. The number of esters is 1. The highest BCUT2D eigenvalue weighted by molar-refractivity contribution is 5.86. The van der Waals surface area contributed by atoms with Crippen LogP contribution in [-0.4, -0.2) is 81.7 Å². The fourth-order valence-electron chi connectivity index (χ4n) is 4.66. The van der Waals surface area contributed by atoms with Crippen molar-refractivity contribution in [2.75, 3.05) is 53.1 Å². The van der Waals surface area contributed by atoms with E-state index in [4.69, 9.17) is 14.2 Å². The Hall–Kier alpha value is -3.92. The zero-order chi connectivity index (χ0) is 28.8. The highest BCUT2D eigenvalue weighted by atomic mass is 16.5. The fraction of sp³-hybridized carbons (Fsp3) is 0.467. The molecule has 2 bridgehead atoms. The largest absolute Gasteiger partial charge is 0.484 e. The monoisotopic (exact) mass is 553 g/mol. The van der Waals surface area contributed by atoms with Gasteiger partial charge in [0.1, 0.15) is 5.75 Å². The first-order valence-electron chi connectivity index (χ1n) is 13.6. The molecule has 2 aromatic carbocycles. The summed E-state index contributed by atoms with van der Waals surface area (Å²) in [6.07, 6.45) is 1.37. The van der Waals surface area contributed by atoms with Crippen LogP contribution in [0.3, 0.4) is 0 Å². The summed E-state index contributed by atoms with van der Waals surface area (Å²) in [5.41, 5.74) is 0.540. The Labute approximate surface area is 235 Å². The first kappa shape index (κ1) is 30.6. The summed E-state index contributed by atoms with van der Waals surface area (Å²) in [6, 6.07) is 16.4. The minimum absolute atomic E-state index is 0.0247. The van der Waals surface area contributed by atoms with Crippen molar-refractivity contribution >= 4 is 23.7 Å². The van der Waals surface area contributed by atoms with Gasteiger partial charge >= 0.3 is 5.97 Å². The van der Waals surface area contributed by atoms with E-state index in [1.165, 1.54) is 4.90 Å². The fourth-order valence-corrected chi connectivity index (χ4v) is 4.66. The van der Waals surface area contributed by atoms with Crippen molar-refractivity contribution in [2.45, 2.75) is 32.6 Å². The molecule has 0 fully saturated rings. The van der Waals surface area contributed by atoms with Gasteiger partial charge in [-0.15, -0.1) is 0 Å². The Balaban J connectivity index is 1.89. The number of hydrogen-bond donors (Lipinski definition) is 2. The molecule has 0 saturated heterocycles. The summed E-state index contributed by atoms with van der Waals surface area (Å²) in [4.78, 5) is 53.6. The number of ether oxygens (including phenoxy) is 3. The Bertz CT molecular complexity index is 1140. The summed E-state index contributed by atoms with van der Waals surface area (Å²) in [5, 5.41) is 5.64. The second kappa shape index (κ2) is 15.6. The summed E-state index contributed by atoms with van der Waals surface area (Å²) in [6.45, 7) is 2.26. The van der Waals surface area contributed by atoms with Crippen LogP contribution < -0.4 is 15.4 Å². The van der Waals surface area contributed by atoms with Gasteiger partial charge in [0.25, 0.3) is 5.91 Å². The predicted molar refractivity (Wildman–Crippen MR) is 149 cm³/mol. The topological polar surface area (TPSA) is 123 Å². The number of carbonyl (C=O) groups is 4. The average molecular weight is 554 g/mol. The van der Waals surface area contributed by atoms with Gasteiger partial charge < -0.3 is 29.7 Å². The number of amides is 3. The summed E-state index contributed by atoms with van der Waals surface area (Å²) in [7, 11) is 1.59. The van der Waals surface area contributed by atoms with Gasteiger partial charge in [-0.1, -0.05) is 42.5 Å². The van der Waals surface area contributed by atoms with Gasteiger partial charge in [-0.25, -0.2) is 0 Å². The van der Waals surface area contributed by atoms with Crippen LogP contribution in [0.25, 0.3) is 0 Å². The van der Waals surface area contributed by atoms with Crippen LogP contribution in [0.2, 0.25) is 0 Å². The summed E-state index contributed by atoms with van der Waals surface area (Å²) < 4.78 is 16.4. The van der Waals surface area contributed by atoms with Crippen molar-refractivity contribution < 1.29 is 33.4 Å². The van der Waals surface area contributed by atoms with Gasteiger partial charge in [0.15, 0.2) is 6.61 Å². The third-order valence-corrected chi connectivity index (χ3v) is 6.74. The maximum atomic E-state index is 13.4. The van der Waals surface area contributed by atoms with Crippen molar-refractivity contribution in [1.82, 2.24) is 15.5 Å². The van der Waals surface area contributed by atoms with E-state index in [0.717, 1.165) is 11.1 Å². The van der Waals surface area contributed by atoms with E-state index >= 15 is 0 Å². The van der Waals surface area contributed by atoms with Gasteiger partial charge in [0.05, 0.1) is 25.0 Å². The van der Waals surface area contributed by atoms with Crippen molar-refractivity contribution in [1.29, 1.82) is 0 Å². The molecule has 1 aliphatic rings. The summed E-state index contributed by atoms with van der Waals surface area (Å²) in [5.74, 6) is -0.941. The normalized spacial score (nSPS) is 18.7. The molecule has 0 saturated carbocycles. The van der Waals surface area contributed by atoms with Crippen molar-refractivity contribution in [3.8, 4) is 5.75 Å². The molecule has 0 radical (unpaired) electrons. The number of fused-ring (bicyclic) bond motifs is 2. The average Bonchev–Trinajstić information content (AvgIpc) is 2.94.